The summed E-state index contributed by atoms with van der Waals surface area (Å²) in [5.74, 6) is -0.145. The Hall–Kier alpha value is -3.57. The summed E-state index contributed by atoms with van der Waals surface area (Å²) in [6.07, 6.45) is 0.0566. The van der Waals surface area contributed by atoms with Crippen molar-refractivity contribution in [2.45, 2.75) is 33.8 Å². The van der Waals surface area contributed by atoms with Gasteiger partial charge in [-0.1, -0.05) is 41.9 Å². The summed E-state index contributed by atoms with van der Waals surface area (Å²) in [4.78, 5) is 28.2. The highest BCUT2D eigenvalue weighted by Gasteiger charge is 2.41. The minimum Gasteiger partial charge on any atom is -0.491 e. The van der Waals surface area contributed by atoms with Gasteiger partial charge < -0.3 is 10.1 Å². The molecule has 0 aliphatic carbocycles. The monoisotopic (exact) mass is 460 g/mol. The van der Waals surface area contributed by atoms with Crippen LogP contribution >= 0.6 is 11.6 Å². The molecule has 4 rings (SSSR count). The molecule has 168 valence electrons. The molecule has 6 heteroatoms. The zero-order valence-corrected chi connectivity index (χ0v) is 19.7. The number of imide groups is 1. The zero-order valence-electron chi connectivity index (χ0n) is 19.0. The third-order valence-corrected chi connectivity index (χ3v) is 5.79. The Bertz CT molecular complexity index is 1260. The first-order chi connectivity index (χ1) is 15.8. The molecule has 0 aromatic heterocycles. The number of hydrogen-bond acceptors (Lipinski definition) is 4. The lowest BCUT2D eigenvalue weighted by Crippen LogP contribution is -2.32. The minimum atomic E-state index is -0.455. The van der Waals surface area contributed by atoms with Crippen molar-refractivity contribution in [1.29, 1.82) is 0 Å². The van der Waals surface area contributed by atoms with Gasteiger partial charge >= 0.3 is 0 Å². The second kappa shape index (κ2) is 9.12. The average molecular weight is 461 g/mol. The number of amides is 2. The van der Waals surface area contributed by atoms with E-state index in [-0.39, 0.29) is 11.8 Å². The number of ether oxygens (including phenoxy) is 1. The van der Waals surface area contributed by atoms with Crippen molar-refractivity contribution < 1.29 is 14.3 Å². The maximum Gasteiger partial charge on any atom is 0.282 e. The van der Waals surface area contributed by atoms with Gasteiger partial charge in [0.1, 0.15) is 11.4 Å². The minimum absolute atomic E-state index is 0.0566. The quantitative estimate of drug-likeness (QED) is 0.449. The Labute approximate surface area is 198 Å². The SMILES string of the molecule is Cc1ccc(C2=C(Nc3ccc(OC(C)C)cc3)C(=O)N(c3ccccc3Cl)C2=O)cc1C. The number of aryl methyl sites for hydroxylation is 2. The molecule has 33 heavy (non-hydrogen) atoms. The standard InChI is InChI=1S/C27H25ClN2O3/c1-16(2)33-21-13-11-20(12-14-21)29-25-24(19-10-9-17(3)18(4)15-19)26(31)30(27(25)32)23-8-6-5-7-22(23)28/h5-16,29H,1-4H3. The predicted octanol–water partition coefficient (Wildman–Crippen LogP) is 6.14. The number of nitrogens with zero attached hydrogens (tertiary/aromatic N) is 1. The lowest BCUT2D eigenvalue weighted by atomic mass is 9.99. The molecule has 0 radical (unpaired) electrons. The molecular weight excluding hydrogens is 436 g/mol. The highest BCUT2D eigenvalue weighted by atomic mass is 35.5. The number of carbonyl (C=O) groups is 2. The number of carbonyl (C=O) groups excluding carboxylic acids is 2. The van der Waals surface area contributed by atoms with Crippen molar-refractivity contribution in [1.82, 2.24) is 0 Å². The van der Waals surface area contributed by atoms with Gasteiger partial charge in [-0.25, -0.2) is 4.90 Å². The van der Waals surface area contributed by atoms with Crippen molar-refractivity contribution in [3.8, 4) is 5.75 Å². The topological polar surface area (TPSA) is 58.6 Å². The first-order valence-electron chi connectivity index (χ1n) is 10.7. The van der Waals surface area contributed by atoms with Gasteiger partial charge in [0.2, 0.25) is 0 Å². The first kappa shape index (κ1) is 22.6. The highest BCUT2D eigenvalue weighted by molar-refractivity contribution is 6.48. The van der Waals surface area contributed by atoms with E-state index in [0.717, 1.165) is 21.8 Å². The number of anilines is 2. The molecule has 2 amide bonds. The fraction of sp³-hybridized carbons (Fsp3) is 0.185. The molecular formula is C27H25ClN2O3. The average Bonchev–Trinajstić information content (AvgIpc) is 3.01. The van der Waals surface area contributed by atoms with Crippen LogP contribution in [0.1, 0.15) is 30.5 Å². The maximum absolute atomic E-state index is 13.6. The van der Waals surface area contributed by atoms with Gasteiger partial charge in [-0.05, 0) is 80.8 Å². The first-order valence-corrected chi connectivity index (χ1v) is 11.1. The molecule has 0 fully saturated rings. The molecule has 0 unspecified atom stereocenters. The van der Waals surface area contributed by atoms with E-state index in [1.165, 1.54) is 0 Å². The zero-order chi connectivity index (χ0) is 23.7. The van der Waals surface area contributed by atoms with Gasteiger partial charge in [-0.2, -0.15) is 0 Å². The van der Waals surface area contributed by atoms with Crippen molar-refractivity contribution in [3.05, 3.63) is 94.1 Å². The molecule has 0 spiro atoms. The molecule has 0 saturated carbocycles. The van der Waals surface area contributed by atoms with E-state index in [9.17, 15) is 9.59 Å². The van der Waals surface area contributed by atoms with Crippen LogP contribution in [-0.4, -0.2) is 17.9 Å². The number of halogens is 1. The fourth-order valence-electron chi connectivity index (χ4n) is 3.70. The molecule has 0 saturated heterocycles. The number of nitrogens with one attached hydrogen (secondary N) is 1. The largest absolute Gasteiger partial charge is 0.491 e. The second-order valence-electron chi connectivity index (χ2n) is 8.26. The van der Waals surface area contributed by atoms with E-state index in [1.54, 1.807) is 24.3 Å². The Morgan fingerprint density at radius 2 is 1.58 bits per heavy atom. The van der Waals surface area contributed by atoms with Gasteiger partial charge in [-0.3, -0.25) is 9.59 Å². The summed E-state index contributed by atoms with van der Waals surface area (Å²) in [5, 5.41) is 3.50. The van der Waals surface area contributed by atoms with Crippen LogP contribution in [0.15, 0.2) is 72.4 Å². The second-order valence-corrected chi connectivity index (χ2v) is 8.67. The number of benzene rings is 3. The molecule has 1 N–H and O–H groups in total. The molecule has 1 heterocycles. The van der Waals surface area contributed by atoms with Crippen LogP contribution < -0.4 is 15.0 Å². The molecule has 3 aromatic carbocycles. The van der Waals surface area contributed by atoms with E-state index < -0.39 is 11.8 Å². The van der Waals surface area contributed by atoms with E-state index >= 15 is 0 Å². The van der Waals surface area contributed by atoms with Crippen molar-refractivity contribution in [3.63, 3.8) is 0 Å². The van der Waals surface area contributed by atoms with E-state index in [2.05, 4.69) is 5.32 Å². The Kier molecular flexibility index (Phi) is 6.25. The van der Waals surface area contributed by atoms with E-state index in [4.69, 9.17) is 16.3 Å². The molecule has 0 atom stereocenters. The number of rotatable bonds is 6. The van der Waals surface area contributed by atoms with Crippen molar-refractivity contribution in [2.75, 3.05) is 10.2 Å². The summed E-state index contributed by atoms with van der Waals surface area (Å²) in [7, 11) is 0. The molecule has 5 nitrogen and oxygen atoms in total. The molecule has 0 bridgehead atoms. The maximum atomic E-state index is 13.6. The van der Waals surface area contributed by atoms with Crippen LogP contribution in [0.2, 0.25) is 5.02 Å². The summed E-state index contributed by atoms with van der Waals surface area (Å²) < 4.78 is 5.70. The lowest BCUT2D eigenvalue weighted by Gasteiger charge is -2.17. The van der Waals surface area contributed by atoms with Crippen LogP contribution in [0.4, 0.5) is 11.4 Å². The van der Waals surface area contributed by atoms with Gasteiger partial charge in [0.05, 0.1) is 22.4 Å². The molecule has 3 aromatic rings. The fourth-order valence-corrected chi connectivity index (χ4v) is 3.92. The summed E-state index contributed by atoms with van der Waals surface area (Å²) >= 11 is 6.34. The van der Waals surface area contributed by atoms with Crippen LogP contribution in [-0.2, 0) is 9.59 Å². The Balaban J connectivity index is 1.78. The predicted molar refractivity (Wildman–Crippen MR) is 133 cm³/mol. The van der Waals surface area contributed by atoms with E-state index in [0.29, 0.717) is 27.5 Å². The normalized spacial score (nSPS) is 13.8. The third-order valence-electron chi connectivity index (χ3n) is 5.47. The highest BCUT2D eigenvalue weighted by Crippen LogP contribution is 2.37. The Morgan fingerprint density at radius 1 is 0.879 bits per heavy atom. The van der Waals surface area contributed by atoms with Gasteiger partial charge in [0.15, 0.2) is 0 Å². The summed E-state index contributed by atoms with van der Waals surface area (Å²) in [6.45, 7) is 7.90. The summed E-state index contributed by atoms with van der Waals surface area (Å²) in [6, 6.07) is 19.8. The Morgan fingerprint density at radius 3 is 2.21 bits per heavy atom. The molecule has 1 aliphatic heterocycles. The van der Waals surface area contributed by atoms with Gasteiger partial charge in [-0.15, -0.1) is 0 Å². The van der Waals surface area contributed by atoms with Crippen LogP contribution in [0.3, 0.4) is 0 Å². The van der Waals surface area contributed by atoms with Gasteiger partial charge in [0, 0.05) is 5.69 Å². The van der Waals surface area contributed by atoms with Crippen LogP contribution in [0, 0.1) is 13.8 Å². The van der Waals surface area contributed by atoms with Crippen LogP contribution in [0.25, 0.3) is 5.57 Å². The smallest absolute Gasteiger partial charge is 0.282 e. The molecule has 1 aliphatic rings. The van der Waals surface area contributed by atoms with Crippen molar-refractivity contribution >= 4 is 40.4 Å². The van der Waals surface area contributed by atoms with Gasteiger partial charge in [0.25, 0.3) is 11.8 Å². The van der Waals surface area contributed by atoms with E-state index in [1.807, 2.05) is 70.2 Å². The third kappa shape index (κ3) is 4.50. The lowest BCUT2D eigenvalue weighted by molar-refractivity contribution is -0.120. The summed E-state index contributed by atoms with van der Waals surface area (Å²) in [5.41, 5.74) is 4.36. The number of para-hydroxylation sites is 1. The van der Waals surface area contributed by atoms with Crippen molar-refractivity contribution in [2.24, 2.45) is 0 Å². The van der Waals surface area contributed by atoms with Crippen LogP contribution in [0.5, 0.6) is 5.75 Å². The number of hydrogen-bond donors (Lipinski definition) is 1.